The lowest BCUT2D eigenvalue weighted by Crippen LogP contribution is -2.20. The molecule has 0 aliphatic carbocycles. The first-order chi connectivity index (χ1) is 16.7. The summed E-state index contributed by atoms with van der Waals surface area (Å²) in [6, 6.07) is 14.2. The third-order valence-electron chi connectivity index (χ3n) is 5.63. The van der Waals surface area contributed by atoms with E-state index in [1.807, 2.05) is 32.0 Å². The quantitative estimate of drug-likeness (QED) is 0.290. The van der Waals surface area contributed by atoms with E-state index in [0.717, 1.165) is 22.4 Å². The van der Waals surface area contributed by atoms with Crippen LogP contribution in [0, 0.1) is 6.92 Å². The summed E-state index contributed by atoms with van der Waals surface area (Å²) in [5.74, 6) is 1.21. The van der Waals surface area contributed by atoms with Gasteiger partial charge < -0.3 is 9.84 Å². The summed E-state index contributed by atoms with van der Waals surface area (Å²) in [5, 5.41) is 15.0. The summed E-state index contributed by atoms with van der Waals surface area (Å²) >= 11 is 12.1. The van der Waals surface area contributed by atoms with Crippen LogP contribution in [0.25, 0.3) is 22.3 Å². The van der Waals surface area contributed by atoms with E-state index in [2.05, 4.69) is 18.9 Å². The maximum atomic E-state index is 13.5. The number of aryl methyl sites for hydroxylation is 1. The molecular weight excluding hydrogens is 485 g/mol. The van der Waals surface area contributed by atoms with Crippen LogP contribution in [0.4, 0.5) is 0 Å². The largest absolute Gasteiger partial charge is 0.505 e. The highest BCUT2D eigenvalue weighted by Gasteiger charge is 2.18. The highest BCUT2D eigenvalue weighted by atomic mass is 35.5. The van der Waals surface area contributed by atoms with Crippen molar-refractivity contribution in [1.29, 1.82) is 0 Å². The van der Waals surface area contributed by atoms with Crippen LogP contribution in [-0.4, -0.2) is 27.6 Å². The number of hydrogen-bond acceptors (Lipinski definition) is 5. The fraction of sp³-hybridized carbons (Fsp3) is 0.222. The third kappa shape index (κ3) is 4.90. The van der Waals surface area contributed by atoms with Gasteiger partial charge in [-0.15, -0.1) is 0 Å². The van der Waals surface area contributed by atoms with Crippen molar-refractivity contribution < 1.29 is 9.84 Å². The maximum absolute atomic E-state index is 13.5. The zero-order valence-corrected chi connectivity index (χ0v) is 21.4. The van der Waals surface area contributed by atoms with Crippen LogP contribution in [0.5, 0.6) is 11.5 Å². The summed E-state index contributed by atoms with van der Waals surface area (Å²) in [7, 11) is 0. The predicted octanol–water partition coefficient (Wildman–Crippen LogP) is 6.79. The molecule has 3 aromatic carbocycles. The molecule has 180 valence electrons. The number of rotatable bonds is 6. The number of aromatic hydroxyl groups is 1. The van der Waals surface area contributed by atoms with Crippen molar-refractivity contribution in [2.45, 2.75) is 33.6 Å². The van der Waals surface area contributed by atoms with E-state index in [1.165, 1.54) is 23.0 Å². The molecule has 1 heterocycles. The second-order valence-corrected chi connectivity index (χ2v) is 9.25. The molecule has 35 heavy (non-hydrogen) atoms. The number of hydrogen-bond donors (Lipinski definition) is 1. The van der Waals surface area contributed by atoms with E-state index in [4.69, 9.17) is 32.9 Å². The van der Waals surface area contributed by atoms with Crippen molar-refractivity contribution in [3.63, 3.8) is 0 Å². The fourth-order valence-corrected chi connectivity index (χ4v) is 4.36. The number of halogens is 2. The highest BCUT2D eigenvalue weighted by Crippen LogP contribution is 2.35. The number of phenols is 1. The Morgan fingerprint density at radius 1 is 1.14 bits per heavy atom. The molecule has 4 aromatic rings. The molecule has 0 spiro atoms. The smallest absolute Gasteiger partial charge is 0.282 e. The van der Waals surface area contributed by atoms with Crippen LogP contribution in [-0.2, 0) is 0 Å². The van der Waals surface area contributed by atoms with E-state index in [0.29, 0.717) is 28.9 Å². The van der Waals surface area contributed by atoms with Crippen molar-refractivity contribution in [2.24, 2.45) is 5.10 Å². The van der Waals surface area contributed by atoms with Gasteiger partial charge in [0.2, 0.25) is 0 Å². The average molecular weight is 510 g/mol. The monoisotopic (exact) mass is 509 g/mol. The first-order valence-corrected chi connectivity index (χ1v) is 12.0. The molecule has 0 unspecified atom stereocenters. The van der Waals surface area contributed by atoms with Gasteiger partial charge in [-0.1, -0.05) is 49.2 Å². The van der Waals surface area contributed by atoms with Crippen LogP contribution < -0.4 is 10.3 Å². The summed E-state index contributed by atoms with van der Waals surface area (Å²) in [6.45, 7) is 8.64. The van der Waals surface area contributed by atoms with Crippen molar-refractivity contribution in [3.8, 4) is 22.9 Å². The molecule has 0 fully saturated rings. The topological polar surface area (TPSA) is 76.7 Å². The molecule has 0 aliphatic rings. The Morgan fingerprint density at radius 2 is 1.83 bits per heavy atom. The highest BCUT2D eigenvalue weighted by molar-refractivity contribution is 6.37. The molecule has 4 rings (SSSR count). The minimum Gasteiger partial charge on any atom is -0.505 e. The zero-order valence-electron chi connectivity index (χ0n) is 19.8. The van der Waals surface area contributed by atoms with Crippen LogP contribution in [0.15, 0.2) is 58.4 Å². The Labute approximate surface area is 213 Å². The number of benzene rings is 3. The Hall–Kier alpha value is -3.35. The Morgan fingerprint density at radius 3 is 2.49 bits per heavy atom. The Kier molecular flexibility index (Phi) is 7.15. The summed E-state index contributed by atoms with van der Waals surface area (Å²) < 4.78 is 7.15. The molecule has 0 radical (unpaired) electrons. The first-order valence-electron chi connectivity index (χ1n) is 11.2. The number of aromatic nitrogens is 2. The van der Waals surface area contributed by atoms with E-state index in [-0.39, 0.29) is 27.3 Å². The van der Waals surface area contributed by atoms with Gasteiger partial charge in [-0.3, -0.25) is 4.79 Å². The first kappa shape index (κ1) is 24.8. The van der Waals surface area contributed by atoms with Gasteiger partial charge in [-0.05, 0) is 72.9 Å². The van der Waals surface area contributed by atoms with Gasteiger partial charge in [0.1, 0.15) is 5.75 Å². The van der Waals surface area contributed by atoms with Crippen molar-refractivity contribution >= 4 is 40.3 Å². The van der Waals surface area contributed by atoms with E-state index >= 15 is 0 Å². The molecule has 0 saturated carbocycles. The van der Waals surface area contributed by atoms with E-state index in [1.54, 1.807) is 18.2 Å². The van der Waals surface area contributed by atoms with Gasteiger partial charge in [0.05, 0.1) is 33.8 Å². The molecule has 1 aromatic heterocycles. The minimum atomic E-state index is -0.308. The molecule has 0 amide bonds. The number of para-hydroxylation sites is 1. The van der Waals surface area contributed by atoms with Crippen LogP contribution >= 0.6 is 23.2 Å². The van der Waals surface area contributed by atoms with Gasteiger partial charge in [0.25, 0.3) is 5.56 Å². The van der Waals surface area contributed by atoms with Gasteiger partial charge in [0.15, 0.2) is 11.6 Å². The van der Waals surface area contributed by atoms with Gasteiger partial charge >= 0.3 is 0 Å². The zero-order chi connectivity index (χ0) is 25.3. The maximum Gasteiger partial charge on any atom is 0.282 e. The van der Waals surface area contributed by atoms with Gasteiger partial charge in [-0.2, -0.15) is 9.78 Å². The molecule has 8 heteroatoms. The number of nitrogens with zero attached hydrogens (tertiary/aromatic N) is 3. The lowest BCUT2D eigenvalue weighted by molar-refractivity contribution is 0.335. The molecule has 1 N–H and O–H groups in total. The number of ether oxygens (including phenoxy) is 1. The molecule has 0 atom stereocenters. The summed E-state index contributed by atoms with van der Waals surface area (Å²) in [5.41, 5.74) is 3.49. The molecular formula is C27H25Cl2N3O3. The van der Waals surface area contributed by atoms with Crippen molar-refractivity contribution in [1.82, 2.24) is 9.66 Å². The molecule has 0 bridgehead atoms. The van der Waals surface area contributed by atoms with E-state index in [9.17, 15) is 9.90 Å². The Bertz CT molecular complexity index is 1490. The molecule has 6 nitrogen and oxygen atoms in total. The lowest BCUT2D eigenvalue weighted by atomic mass is 9.96. The van der Waals surface area contributed by atoms with Crippen LogP contribution in [0.2, 0.25) is 10.0 Å². The fourth-order valence-electron chi connectivity index (χ4n) is 3.86. The SMILES string of the molecule is CCOc1cc(C)c(-c2nc3ccccc3c(=O)n2N=Cc2cc(Cl)c(O)c(Cl)c2)cc1C(C)C. The number of phenolic OH excluding ortho intramolecular Hbond substituents is 1. The van der Waals surface area contributed by atoms with Crippen molar-refractivity contribution in [3.05, 3.63) is 85.6 Å². The normalized spacial score (nSPS) is 11.6. The standard InChI is InChI=1S/C27H25Cl2N3O3/c1-5-35-24-10-16(4)20(13-19(24)15(2)3)26-31-23-9-7-6-8-18(23)27(34)32(26)30-14-17-11-21(28)25(33)22(29)12-17/h6-15,33H,5H2,1-4H3. The summed E-state index contributed by atoms with van der Waals surface area (Å²) in [4.78, 5) is 18.3. The predicted molar refractivity (Wildman–Crippen MR) is 143 cm³/mol. The van der Waals surface area contributed by atoms with Gasteiger partial charge in [-0.25, -0.2) is 4.98 Å². The van der Waals surface area contributed by atoms with E-state index < -0.39 is 0 Å². The van der Waals surface area contributed by atoms with Gasteiger partial charge in [0, 0.05) is 5.56 Å². The second-order valence-electron chi connectivity index (χ2n) is 8.44. The number of fused-ring (bicyclic) bond motifs is 1. The Balaban J connectivity index is 1.98. The summed E-state index contributed by atoms with van der Waals surface area (Å²) in [6.07, 6.45) is 1.46. The van der Waals surface area contributed by atoms with Crippen LogP contribution in [0.1, 0.15) is 43.4 Å². The molecule has 0 saturated heterocycles. The second kappa shape index (κ2) is 10.1. The lowest BCUT2D eigenvalue weighted by Gasteiger charge is -2.18. The minimum absolute atomic E-state index is 0.0899. The van der Waals surface area contributed by atoms with Crippen LogP contribution in [0.3, 0.4) is 0 Å². The molecule has 0 aliphatic heterocycles. The van der Waals surface area contributed by atoms with Crippen molar-refractivity contribution in [2.75, 3.05) is 6.61 Å². The third-order valence-corrected chi connectivity index (χ3v) is 6.21. The average Bonchev–Trinajstić information content (AvgIpc) is 2.82.